The van der Waals surface area contributed by atoms with Crippen LogP contribution in [0.15, 0.2) is 46.9 Å². The van der Waals surface area contributed by atoms with Gasteiger partial charge in [-0.1, -0.05) is 34.1 Å². The molecule has 1 aliphatic rings. The first-order chi connectivity index (χ1) is 12.9. The van der Waals surface area contributed by atoms with E-state index in [1.165, 1.54) is 13.2 Å². The van der Waals surface area contributed by atoms with E-state index in [0.717, 1.165) is 28.4 Å². The number of benzene rings is 2. The summed E-state index contributed by atoms with van der Waals surface area (Å²) in [7, 11) is 1.39. The number of carbonyl (C=O) groups is 1. The molecule has 0 spiro atoms. The molecule has 2 aromatic carbocycles. The Morgan fingerprint density at radius 3 is 2.48 bits per heavy atom. The van der Waals surface area contributed by atoms with Crippen molar-refractivity contribution >= 4 is 21.8 Å². The summed E-state index contributed by atoms with van der Waals surface area (Å²) in [5.74, 6) is 0.238. The molecule has 144 valence electrons. The van der Waals surface area contributed by atoms with Crippen LogP contribution < -0.4 is 14.8 Å². The summed E-state index contributed by atoms with van der Waals surface area (Å²) in [5, 5.41) is 2.96. The molecule has 0 bridgehead atoms. The third-order valence-electron chi connectivity index (χ3n) is 4.72. The van der Waals surface area contributed by atoms with Crippen molar-refractivity contribution in [2.75, 3.05) is 13.7 Å². The number of carbonyl (C=O) groups excluding carboxylic acids is 1. The van der Waals surface area contributed by atoms with Gasteiger partial charge in [0.05, 0.1) is 12.5 Å². The summed E-state index contributed by atoms with van der Waals surface area (Å²) < 4.78 is 35.5. The van der Waals surface area contributed by atoms with Crippen molar-refractivity contribution in [3.63, 3.8) is 0 Å². The second-order valence-corrected chi connectivity index (χ2v) is 7.37. The number of halogens is 3. The van der Waals surface area contributed by atoms with Gasteiger partial charge in [0, 0.05) is 11.0 Å². The number of hydrogen-bond donors (Lipinski definition) is 1. The highest BCUT2D eigenvalue weighted by Gasteiger charge is 2.50. The van der Waals surface area contributed by atoms with Crippen molar-refractivity contribution in [1.82, 2.24) is 5.32 Å². The van der Waals surface area contributed by atoms with E-state index in [9.17, 15) is 13.6 Å². The van der Waals surface area contributed by atoms with Gasteiger partial charge >= 0.3 is 6.61 Å². The van der Waals surface area contributed by atoms with Crippen LogP contribution in [0.4, 0.5) is 8.78 Å². The zero-order valence-corrected chi connectivity index (χ0v) is 16.4. The number of rotatable bonds is 8. The minimum absolute atomic E-state index is 0.00221. The Morgan fingerprint density at radius 2 is 1.89 bits per heavy atom. The van der Waals surface area contributed by atoms with Gasteiger partial charge in [0.1, 0.15) is 0 Å². The van der Waals surface area contributed by atoms with E-state index >= 15 is 0 Å². The standard InChI is InChI=1S/C20H20BrF2NO3/c1-26-16-7-2-13(12-17(16)27-19(22)23)8-11-24-18(25)20(9-10-20)14-3-5-15(21)6-4-14/h2-7,12,19H,8-11H2,1H3,(H,24,25). The maximum atomic E-state index is 12.6. The van der Waals surface area contributed by atoms with Crippen molar-refractivity contribution in [2.45, 2.75) is 31.3 Å². The number of amides is 1. The van der Waals surface area contributed by atoms with Gasteiger partial charge in [-0.3, -0.25) is 4.79 Å². The van der Waals surface area contributed by atoms with Crippen LogP contribution >= 0.6 is 15.9 Å². The highest BCUT2D eigenvalue weighted by molar-refractivity contribution is 9.10. The Bertz CT molecular complexity index is 807. The highest BCUT2D eigenvalue weighted by Crippen LogP contribution is 2.48. The molecule has 1 saturated carbocycles. The lowest BCUT2D eigenvalue weighted by Gasteiger charge is -2.16. The SMILES string of the molecule is COc1ccc(CCNC(=O)C2(c3ccc(Br)cc3)CC2)cc1OC(F)F. The Morgan fingerprint density at radius 1 is 1.19 bits per heavy atom. The lowest BCUT2D eigenvalue weighted by Crippen LogP contribution is -2.35. The van der Waals surface area contributed by atoms with Gasteiger partial charge in [0.2, 0.25) is 5.91 Å². The zero-order chi connectivity index (χ0) is 19.4. The Labute approximate surface area is 165 Å². The number of alkyl halides is 2. The van der Waals surface area contributed by atoms with Crippen LogP contribution in [-0.2, 0) is 16.6 Å². The predicted molar refractivity (Wildman–Crippen MR) is 101 cm³/mol. The minimum atomic E-state index is -2.92. The molecule has 0 saturated heterocycles. The minimum Gasteiger partial charge on any atom is -0.493 e. The molecule has 7 heteroatoms. The third kappa shape index (κ3) is 4.58. The fourth-order valence-electron chi connectivity index (χ4n) is 3.10. The molecule has 0 aliphatic heterocycles. The first-order valence-electron chi connectivity index (χ1n) is 8.61. The molecule has 0 radical (unpaired) electrons. The molecule has 1 fully saturated rings. The maximum Gasteiger partial charge on any atom is 0.387 e. The fourth-order valence-corrected chi connectivity index (χ4v) is 3.36. The second kappa shape index (κ2) is 8.25. The van der Waals surface area contributed by atoms with Gasteiger partial charge in [-0.05, 0) is 54.7 Å². The summed E-state index contributed by atoms with van der Waals surface area (Å²) in [5.41, 5.74) is 1.35. The molecule has 2 aromatic rings. The normalized spacial score (nSPS) is 14.7. The second-order valence-electron chi connectivity index (χ2n) is 6.46. The van der Waals surface area contributed by atoms with Crippen LogP contribution in [0.5, 0.6) is 11.5 Å². The van der Waals surface area contributed by atoms with Crippen molar-refractivity contribution in [3.05, 3.63) is 58.1 Å². The van der Waals surface area contributed by atoms with Crippen LogP contribution in [0, 0.1) is 0 Å². The van der Waals surface area contributed by atoms with Crippen LogP contribution in [0.1, 0.15) is 24.0 Å². The fraction of sp³-hybridized carbons (Fsp3) is 0.350. The van der Waals surface area contributed by atoms with E-state index in [2.05, 4.69) is 26.0 Å². The highest BCUT2D eigenvalue weighted by atomic mass is 79.9. The van der Waals surface area contributed by atoms with Crippen LogP contribution in [0.3, 0.4) is 0 Å². The smallest absolute Gasteiger partial charge is 0.387 e. The molecule has 0 atom stereocenters. The van der Waals surface area contributed by atoms with E-state index in [1.807, 2.05) is 24.3 Å². The van der Waals surface area contributed by atoms with Gasteiger partial charge < -0.3 is 14.8 Å². The van der Waals surface area contributed by atoms with Gasteiger partial charge in [-0.2, -0.15) is 8.78 Å². The molecule has 1 aliphatic carbocycles. The monoisotopic (exact) mass is 439 g/mol. The van der Waals surface area contributed by atoms with Crippen molar-refractivity contribution in [1.29, 1.82) is 0 Å². The summed E-state index contributed by atoms with van der Waals surface area (Å²) in [4.78, 5) is 12.6. The molecule has 0 unspecified atom stereocenters. The number of ether oxygens (including phenoxy) is 2. The summed E-state index contributed by atoms with van der Waals surface area (Å²) in [6, 6.07) is 12.7. The first-order valence-corrected chi connectivity index (χ1v) is 9.40. The number of hydrogen-bond acceptors (Lipinski definition) is 3. The van der Waals surface area contributed by atoms with E-state index in [0.29, 0.717) is 13.0 Å². The third-order valence-corrected chi connectivity index (χ3v) is 5.25. The number of methoxy groups -OCH3 is 1. The predicted octanol–water partition coefficient (Wildman–Crippen LogP) is 4.45. The van der Waals surface area contributed by atoms with Crippen molar-refractivity contribution in [2.24, 2.45) is 0 Å². The molecule has 0 heterocycles. The van der Waals surface area contributed by atoms with Gasteiger partial charge in [0.25, 0.3) is 0 Å². The van der Waals surface area contributed by atoms with Crippen LogP contribution in [-0.4, -0.2) is 26.2 Å². The maximum absolute atomic E-state index is 12.6. The van der Waals surface area contributed by atoms with Crippen molar-refractivity contribution in [3.8, 4) is 11.5 Å². The largest absolute Gasteiger partial charge is 0.493 e. The van der Waals surface area contributed by atoms with E-state index in [4.69, 9.17) is 4.74 Å². The molecule has 1 N–H and O–H groups in total. The molecule has 4 nitrogen and oxygen atoms in total. The Kier molecular flexibility index (Phi) is 5.99. The van der Waals surface area contributed by atoms with Gasteiger partial charge in [0.15, 0.2) is 11.5 Å². The van der Waals surface area contributed by atoms with Crippen LogP contribution in [0.2, 0.25) is 0 Å². The Hall–Kier alpha value is -2.15. The summed E-state index contributed by atoms with van der Waals surface area (Å²) >= 11 is 3.40. The van der Waals surface area contributed by atoms with Gasteiger partial charge in [-0.25, -0.2) is 0 Å². The molecular formula is C20H20BrF2NO3. The molecular weight excluding hydrogens is 420 g/mol. The quantitative estimate of drug-likeness (QED) is 0.660. The van der Waals surface area contributed by atoms with Gasteiger partial charge in [-0.15, -0.1) is 0 Å². The molecule has 0 aromatic heterocycles. The summed E-state index contributed by atoms with van der Waals surface area (Å²) in [6.45, 7) is -2.51. The van der Waals surface area contributed by atoms with E-state index in [-0.39, 0.29) is 17.4 Å². The lowest BCUT2D eigenvalue weighted by atomic mass is 9.95. The van der Waals surface area contributed by atoms with E-state index in [1.54, 1.807) is 12.1 Å². The average molecular weight is 440 g/mol. The van der Waals surface area contributed by atoms with E-state index < -0.39 is 12.0 Å². The Balaban J connectivity index is 1.59. The summed E-state index contributed by atoms with van der Waals surface area (Å²) in [6.07, 6.45) is 2.16. The van der Waals surface area contributed by atoms with Crippen molar-refractivity contribution < 1.29 is 23.0 Å². The molecule has 3 rings (SSSR count). The number of nitrogens with one attached hydrogen (secondary N) is 1. The molecule has 27 heavy (non-hydrogen) atoms. The van der Waals surface area contributed by atoms with Crippen LogP contribution in [0.25, 0.3) is 0 Å². The molecule has 1 amide bonds. The topological polar surface area (TPSA) is 47.6 Å². The average Bonchev–Trinajstić information content (AvgIpc) is 3.44. The zero-order valence-electron chi connectivity index (χ0n) is 14.8. The first kappa shape index (κ1) is 19.6. The lowest BCUT2D eigenvalue weighted by molar-refractivity contribution is -0.123.